The van der Waals surface area contributed by atoms with Crippen molar-refractivity contribution in [3.05, 3.63) is 102 Å². The summed E-state index contributed by atoms with van der Waals surface area (Å²) in [6.07, 6.45) is 3.08. The number of ether oxygens (including phenoxy) is 2. The molecular formula is C20H19NO2. The third-order valence-corrected chi connectivity index (χ3v) is 3.44. The van der Waals surface area contributed by atoms with E-state index in [9.17, 15) is 0 Å². The Balaban J connectivity index is 1.66. The normalized spacial score (nSPS) is 10.8. The molecule has 116 valence electrons. The number of pyridine rings is 1. The molecule has 1 heterocycles. The maximum absolute atomic E-state index is 5.97. The molecule has 0 spiro atoms. The zero-order valence-corrected chi connectivity index (χ0v) is 12.8. The van der Waals surface area contributed by atoms with Gasteiger partial charge in [0.05, 0.1) is 13.2 Å². The minimum absolute atomic E-state index is 0.441. The second kappa shape index (κ2) is 8.22. The minimum Gasteiger partial charge on any atom is -0.344 e. The molecule has 3 heteroatoms. The third kappa shape index (κ3) is 4.74. The van der Waals surface area contributed by atoms with Crippen LogP contribution in [0, 0.1) is 0 Å². The molecule has 0 radical (unpaired) electrons. The van der Waals surface area contributed by atoms with E-state index in [0.717, 1.165) is 16.7 Å². The van der Waals surface area contributed by atoms with Gasteiger partial charge in [0.25, 0.3) is 0 Å². The van der Waals surface area contributed by atoms with E-state index in [1.165, 1.54) is 0 Å². The van der Waals surface area contributed by atoms with Gasteiger partial charge in [0.1, 0.15) is 0 Å². The van der Waals surface area contributed by atoms with Gasteiger partial charge in [-0.2, -0.15) is 0 Å². The first kappa shape index (κ1) is 15.4. The van der Waals surface area contributed by atoms with E-state index in [1.54, 1.807) is 12.4 Å². The lowest BCUT2D eigenvalue weighted by Gasteiger charge is -2.19. The van der Waals surface area contributed by atoms with Crippen LogP contribution in [0.15, 0.2) is 85.2 Å². The van der Waals surface area contributed by atoms with Gasteiger partial charge in [-0.15, -0.1) is 0 Å². The molecule has 0 unspecified atom stereocenters. The predicted molar refractivity (Wildman–Crippen MR) is 89.4 cm³/mol. The van der Waals surface area contributed by atoms with Gasteiger partial charge < -0.3 is 9.47 Å². The van der Waals surface area contributed by atoms with Crippen molar-refractivity contribution in [1.82, 2.24) is 4.98 Å². The molecule has 0 saturated carbocycles. The summed E-state index contributed by atoms with van der Waals surface area (Å²) in [4.78, 5) is 4.16. The summed E-state index contributed by atoms with van der Waals surface area (Å²) in [5.74, 6) is 0. The molecule has 0 aliphatic carbocycles. The van der Waals surface area contributed by atoms with Crippen LogP contribution in [0.5, 0.6) is 0 Å². The first-order chi connectivity index (χ1) is 11.4. The number of rotatable bonds is 7. The molecular weight excluding hydrogens is 286 g/mol. The highest BCUT2D eigenvalue weighted by Crippen LogP contribution is 2.21. The van der Waals surface area contributed by atoms with Crippen LogP contribution in [0.3, 0.4) is 0 Å². The number of hydrogen-bond donors (Lipinski definition) is 0. The van der Waals surface area contributed by atoms with Crippen molar-refractivity contribution in [2.45, 2.75) is 19.5 Å². The highest BCUT2D eigenvalue weighted by atomic mass is 16.7. The summed E-state index contributed by atoms with van der Waals surface area (Å²) in [7, 11) is 0. The Morgan fingerprint density at radius 2 is 1.26 bits per heavy atom. The first-order valence-electron chi connectivity index (χ1n) is 7.63. The first-order valence-corrected chi connectivity index (χ1v) is 7.63. The Bertz CT molecular complexity index is 643. The van der Waals surface area contributed by atoms with Crippen LogP contribution in [-0.4, -0.2) is 4.98 Å². The van der Waals surface area contributed by atoms with E-state index >= 15 is 0 Å². The van der Waals surface area contributed by atoms with Crippen molar-refractivity contribution in [2.24, 2.45) is 0 Å². The van der Waals surface area contributed by atoms with Crippen molar-refractivity contribution in [3.63, 3.8) is 0 Å². The quantitative estimate of drug-likeness (QED) is 0.602. The molecule has 0 fully saturated rings. The molecule has 2 aromatic carbocycles. The van der Waals surface area contributed by atoms with Gasteiger partial charge in [-0.25, -0.2) is 0 Å². The Morgan fingerprint density at radius 3 is 1.74 bits per heavy atom. The van der Waals surface area contributed by atoms with Gasteiger partial charge in [-0.3, -0.25) is 4.98 Å². The van der Waals surface area contributed by atoms with Crippen LogP contribution in [-0.2, 0) is 22.7 Å². The fourth-order valence-corrected chi connectivity index (χ4v) is 2.25. The lowest BCUT2D eigenvalue weighted by atomic mass is 10.2. The predicted octanol–water partition coefficient (Wildman–Crippen LogP) is 4.51. The molecule has 0 atom stereocenters. The number of hydrogen-bond acceptors (Lipinski definition) is 3. The number of benzene rings is 2. The van der Waals surface area contributed by atoms with E-state index in [-0.39, 0.29) is 0 Å². The Morgan fingerprint density at radius 1 is 0.696 bits per heavy atom. The van der Waals surface area contributed by atoms with E-state index in [1.807, 2.05) is 72.8 Å². The molecule has 1 aromatic heterocycles. The van der Waals surface area contributed by atoms with Crippen molar-refractivity contribution in [3.8, 4) is 0 Å². The van der Waals surface area contributed by atoms with Crippen LogP contribution >= 0.6 is 0 Å². The Labute approximate surface area is 136 Å². The standard InChI is InChI=1S/C20H19NO2/c1-3-8-17(9-4-1)15-22-20(19-12-7-13-21-14-19)23-16-18-10-5-2-6-11-18/h1-14,20H,15-16H2. The van der Waals surface area contributed by atoms with Gasteiger partial charge in [-0.05, 0) is 17.2 Å². The molecule has 0 amide bonds. The van der Waals surface area contributed by atoms with Crippen LogP contribution < -0.4 is 0 Å². The summed E-state index contributed by atoms with van der Waals surface area (Å²) in [5.41, 5.74) is 3.15. The molecule has 23 heavy (non-hydrogen) atoms. The summed E-state index contributed by atoms with van der Waals surface area (Å²) >= 11 is 0. The molecule has 3 aromatic rings. The van der Waals surface area contributed by atoms with Crippen molar-refractivity contribution in [2.75, 3.05) is 0 Å². The second-order valence-electron chi connectivity index (χ2n) is 5.21. The van der Waals surface area contributed by atoms with Crippen molar-refractivity contribution < 1.29 is 9.47 Å². The molecule has 0 aliphatic rings. The van der Waals surface area contributed by atoms with E-state index in [2.05, 4.69) is 4.98 Å². The molecule has 3 rings (SSSR count). The molecule has 3 nitrogen and oxygen atoms in total. The smallest absolute Gasteiger partial charge is 0.186 e. The van der Waals surface area contributed by atoms with Gasteiger partial charge in [-0.1, -0.05) is 66.7 Å². The molecule has 0 bridgehead atoms. The Hall–Kier alpha value is -2.49. The number of nitrogens with zero attached hydrogens (tertiary/aromatic N) is 1. The topological polar surface area (TPSA) is 31.4 Å². The average Bonchev–Trinajstić information content (AvgIpc) is 2.64. The summed E-state index contributed by atoms with van der Waals surface area (Å²) < 4.78 is 11.9. The van der Waals surface area contributed by atoms with E-state index in [0.29, 0.717) is 13.2 Å². The third-order valence-electron chi connectivity index (χ3n) is 3.44. The van der Waals surface area contributed by atoms with Crippen LogP contribution in [0.4, 0.5) is 0 Å². The van der Waals surface area contributed by atoms with Crippen LogP contribution in [0.1, 0.15) is 23.0 Å². The summed E-state index contributed by atoms with van der Waals surface area (Å²) in [6.45, 7) is 0.990. The number of aromatic nitrogens is 1. The van der Waals surface area contributed by atoms with Crippen LogP contribution in [0.2, 0.25) is 0 Å². The highest BCUT2D eigenvalue weighted by Gasteiger charge is 2.13. The fraction of sp³-hybridized carbons (Fsp3) is 0.150. The highest BCUT2D eigenvalue weighted by molar-refractivity contribution is 5.15. The molecule has 0 aliphatic heterocycles. The Kier molecular flexibility index (Phi) is 5.51. The minimum atomic E-state index is -0.441. The van der Waals surface area contributed by atoms with Crippen LogP contribution in [0.25, 0.3) is 0 Å². The second-order valence-corrected chi connectivity index (χ2v) is 5.21. The maximum Gasteiger partial charge on any atom is 0.186 e. The summed E-state index contributed by atoms with van der Waals surface area (Å²) in [5, 5.41) is 0. The summed E-state index contributed by atoms with van der Waals surface area (Å²) in [6, 6.07) is 24.0. The van der Waals surface area contributed by atoms with Gasteiger partial charge >= 0.3 is 0 Å². The van der Waals surface area contributed by atoms with Gasteiger partial charge in [0.15, 0.2) is 6.29 Å². The fourth-order valence-electron chi connectivity index (χ4n) is 2.25. The van der Waals surface area contributed by atoms with Gasteiger partial charge in [0.2, 0.25) is 0 Å². The zero-order chi connectivity index (χ0) is 15.7. The molecule has 0 saturated heterocycles. The monoisotopic (exact) mass is 305 g/mol. The van der Waals surface area contributed by atoms with Crippen molar-refractivity contribution in [1.29, 1.82) is 0 Å². The van der Waals surface area contributed by atoms with Gasteiger partial charge in [0, 0.05) is 18.0 Å². The maximum atomic E-state index is 5.97. The lowest BCUT2D eigenvalue weighted by Crippen LogP contribution is -2.09. The van der Waals surface area contributed by atoms with E-state index in [4.69, 9.17) is 9.47 Å². The SMILES string of the molecule is c1ccc(COC(OCc2ccccc2)c2cccnc2)cc1. The van der Waals surface area contributed by atoms with E-state index < -0.39 is 6.29 Å². The molecule has 0 N–H and O–H groups in total. The average molecular weight is 305 g/mol. The van der Waals surface area contributed by atoms with Crippen molar-refractivity contribution >= 4 is 0 Å². The largest absolute Gasteiger partial charge is 0.344 e. The zero-order valence-electron chi connectivity index (χ0n) is 12.8. The lowest BCUT2D eigenvalue weighted by molar-refractivity contribution is -0.161.